The van der Waals surface area contributed by atoms with Gasteiger partial charge < -0.3 is 0 Å². The zero-order chi connectivity index (χ0) is 7.40. The van der Waals surface area contributed by atoms with Crippen LogP contribution in [0.1, 0.15) is 29.3 Å². The average molecular weight is 154 g/mol. The highest BCUT2D eigenvalue weighted by Gasteiger charge is 1.99. The highest BCUT2D eigenvalue weighted by molar-refractivity contribution is 7.08. The third-order valence-electron chi connectivity index (χ3n) is 1.42. The van der Waals surface area contributed by atoms with Gasteiger partial charge in [0.05, 0.1) is 0 Å². The third-order valence-corrected chi connectivity index (χ3v) is 2.23. The van der Waals surface area contributed by atoms with Crippen molar-refractivity contribution in [3.05, 3.63) is 21.9 Å². The van der Waals surface area contributed by atoms with E-state index >= 15 is 0 Å². The lowest BCUT2D eigenvalue weighted by Gasteiger charge is -1.91. The van der Waals surface area contributed by atoms with Crippen molar-refractivity contribution in [2.75, 3.05) is 0 Å². The first-order chi connectivity index (χ1) is 4.88. The number of aryl methyl sites for hydroxylation is 1. The molecular formula is C8H10OS. The van der Waals surface area contributed by atoms with Crippen molar-refractivity contribution in [1.82, 2.24) is 0 Å². The Kier molecular flexibility index (Phi) is 2.63. The van der Waals surface area contributed by atoms with E-state index < -0.39 is 0 Å². The molecule has 0 saturated heterocycles. The fourth-order valence-corrected chi connectivity index (χ4v) is 1.75. The molecule has 1 heterocycles. The Bertz CT molecular complexity index is 215. The molecule has 1 rings (SSSR count). The monoisotopic (exact) mass is 154 g/mol. The molecule has 0 aliphatic carbocycles. The molecule has 1 aromatic rings. The molecule has 0 N–H and O–H groups in total. The van der Waals surface area contributed by atoms with Gasteiger partial charge in [-0.1, -0.05) is 13.3 Å². The first-order valence-corrected chi connectivity index (χ1v) is 4.33. The van der Waals surface area contributed by atoms with Gasteiger partial charge in [0.25, 0.3) is 0 Å². The number of hydrogen-bond donors (Lipinski definition) is 0. The third kappa shape index (κ3) is 1.45. The van der Waals surface area contributed by atoms with Crippen molar-refractivity contribution in [2.45, 2.75) is 19.8 Å². The molecular weight excluding hydrogens is 144 g/mol. The number of aldehydes is 1. The topological polar surface area (TPSA) is 17.1 Å². The van der Waals surface area contributed by atoms with Crippen LogP contribution in [0.4, 0.5) is 0 Å². The maximum atomic E-state index is 10.4. The summed E-state index contributed by atoms with van der Waals surface area (Å²) in [6, 6.07) is 0. The van der Waals surface area contributed by atoms with Crippen LogP contribution in [0.2, 0.25) is 0 Å². The summed E-state index contributed by atoms with van der Waals surface area (Å²) < 4.78 is 0. The van der Waals surface area contributed by atoms with Crippen molar-refractivity contribution in [2.24, 2.45) is 0 Å². The first kappa shape index (κ1) is 7.48. The molecule has 10 heavy (non-hydrogen) atoms. The van der Waals surface area contributed by atoms with Gasteiger partial charge in [-0.2, -0.15) is 11.3 Å². The summed E-state index contributed by atoms with van der Waals surface area (Å²) >= 11 is 1.60. The molecule has 0 fully saturated rings. The Morgan fingerprint density at radius 3 is 3.00 bits per heavy atom. The van der Waals surface area contributed by atoms with Gasteiger partial charge in [0.1, 0.15) is 0 Å². The zero-order valence-corrected chi connectivity index (χ0v) is 6.78. The van der Waals surface area contributed by atoms with Crippen molar-refractivity contribution in [3.8, 4) is 0 Å². The minimum absolute atomic E-state index is 0.867. The van der Waals surface area contributed by atoms with E-state index in [1.54, 1.807) is 11.3 Å². The largest absolute Gasteiger partial charge is 0.298 e. The van der Waals surface area contributed by atoms with Crippen LogP contribution < -0.4 is 0 Å². The standard InChI is InChI=1S/C8H10OS/c1-2-3-7-5-10-6-8(7)4-9/h4-6H,2-3H2,1H3. The SMILES string of the molecule is CCCc1cscc1C=O. The van der Waals surface area contributed by atoms with Crippen LogP contribution in [0, 0.1) is 0 Å². The quantitative estimate of drug-likeness (QED) is 0.611. The maximum absolute atomic E-state index is 10.4. The van der Waals surface area contributed by atoms with Crippen molar-refractivity contribution < 1.29 is 4.79 Å². The van der Waals surface area contributed by atoms with Crippen molar-refractivity contribution >= 4 is 17.6 Å². The normalized spacial score (nSPS) is 9.70. The van der Waals surface area contributed by atoms with Crippen LogP contribution in [0.5, 0.6) is 0 Å². The van der Waals surface area contributed by atoms with Gasteiger partial charge in [-0.05, 0) is 17.4 Å². The van der Waals surface area contributed by atoms with Crippen LogP contribution >= 0.6 is 11.3 Å². The molecule has 54 valence electrons. The van der Waals surface area contributed by atoms with E-state index in [4.69, 9.17) is 0 Å². The summed E-state index contributed by atoms with van der Waals surface area (Å²) in [6.45, 7) is 2.12. The highest BCUT2D eigenvalue weighted by Crippen LogP contribution is 2.14. The summed E-state index contributed by atoms with van der Waals surface area (Å²) in [5.74, 6) is 0. The molecule has 0 aliphatic heterocycles. The zero-order valence-electron chi connectivity index (χ0n) is 5.96. The lowest BCUT2D eigenvalue weighted by molar-refractivity contribution is 0.112. The van der Waals surface area contributed by atoms with Gasteiger partial charge in [-0.15, -0.1) is 0 Å². The number of hydrogen-bond acceptors (Lipinski definition) is 2. The Morgan fingerprint density at radius 1 is 1.60 bits per heavy atom. The number of carbonyl (C=O) groups excluding carboxylic acids is 1. The smallest absolute Gasteiger partial charge is 0.151 e. The van der Waals surface area contributed by atoms with Gasteiger partial charge in [0.2, 0.25) is 0 Å². The number of carbonyl (C=O) groups is 1. The Hall–Kier alpha value is -0.630. The summed E-state index contributed by atoms with van der Waals surface area (Å²) in [7, 11) is 0. The first-order valence-electron chi connectivity index (χ1n) is 3.38. The fourth-order valence-electron chi connectivity index (χ4n) is 0.909. The van der Waals surface area contributed by atoms with E-state index in [-0.39, 0.29) is 0 Å². The summed E-state index contributed by atoms with van der Waals surface area (Å²) in [4.78, 5) is 10.4. The van der Waals surface area contributed by atoms with E-state index in [1.165, 1.54) is 5.56 Å². The lowest BCUT2D eigenvalue weighted by Crippen LogP contribution is -1.84. The molecule has 2 heteroatoms. The van der Waals surface area contributed by atoms with E-state index in [0.717, 1.165) is 24.7 Å². The van der Waals surface area contributed by atoms with Crippen LogP contribution in [-0.2, 0) is 6.42 Å². The molecule has 0 atom stereocenters. The Morgan fingerprint density at radius 2 is 2.40 bits per heavy atom. The highest BCUT2D eigenvalue weighted by atomic mass is 32.1. The van der Waals surface area contributed by atoms with E-state index in [1.807, 2.05) is 10.8 Å². The van der Waals surface area contributed by atoms with E-state index in [0.29, 0.717) is 0 Å². The molecule has 1 aromatic heterocycles. The van der Waals surface area contributed by atoms with E-state index in [2.05, 4.69) is 6.92 Å². The number of thiophene rings is 1. The van der Waals surface area contributed by atoms with Gasteiger partial charge >= 0.3 is 0 Å². The predicted molar refractivity (Wildman–Crippen MR) is 43.7 cm³/mol. The average Bonchev–Trinajstić information content (AvgIpc) is 2.36. The van der Waals surface area contributed by atoms with Crippen LogP contribution in [0.25, 0.3) is 0 Å². The predicted octanol–water partition coefficient (Wildman–Crippen LogP) is 2.51. The molecule has 0 saturated carbocycles. The van der Waals surface area contributed by atoms with Gasteiger partial charge in [0.15, 0.2) is 6.29 Å². The van der Waals surface area contributed by atoms with Gasteiger partial charge in [-0.25, -0.2) is 0 Å². The summed E-state index contributed by atoms with van der Waals surface area (Å²) in [6.07, 6.45) is 3.07. The van der Waals surface area contributed by atoms with Crippen molar-refractivity contribution in [3.63, 3.8) is 0 Å². The molecule has 1 nitrogen and oxygen atoms in total. The minimum atomic E-state index is 0.867. The molecule has 0 aromatic carbocycles. The minimum Gasteiger partial charge on any atom is -0.298 e. The van der Waals surface area contributed by atoms with Crippen LogP contribution in [-0.4, -0.2) is 6.29 Å². The molecule has 0 amide bonds. The lowest BCUT2D eigenvalue weighted by atomic mass is 10.1. The summed E-state index contributed by atoms with van der Waals surface area (Å²) in [5, 5.41) is 3.95. The second kappa shape index (κ2) is 3.52. The van der Waals surface area contributed by atoms with Gasteiger partial charge in [-0.3, -0.25) is 4.79 Å². The molecule has 0 spiro atoms. The molecule has 0 aliphatic rings. The molecule has 0 bridgehead atoms. The fraction of sp³-hybridized carbons (Fsp3) is 0.375. The van der Waals surface area contributed by atoms with Crippen molar-refractivity contribution in [1.29, 1.82) is 0 Å². The second-order valence-corrected chi connectivity index (χ2v) is 2.96. The summed E-state index contributed by atoms with van der Waals surface area (Å²) in [5.41, 5.74) is 2.06. The second-order valence-electron chi connectivity index (χ2n) is 2.22. The molecule has 0 unspecified atom stereocenters. The van der Waals surface area contributed by atoms with Crippen LogP contribution in [0.15, 0.2) is 10.8 Å². The molecule has 0 radical (unpaired) electrons. The number of rotatable bonds is 3. The van der Waals surface area contributed by atoms with Gasteiger partial charge in [0, 0.05) is 10.9 Å². The van der Waals surface area contributed by atoms with E-state index in [9.17, 15) is 4.79 Å². The van der Waals surface area contributed by atoms with Crippen LogP contribution in [0.3, 0.4) is 0 Å². The Labute approximate surface area is 64.7 Å². The maximum Gasteiger partial charge on any atom is 0.151 e. The Balaban J connectivity index is 2.79.